The van der Waals surface area contributed by atoms with Crippen LogP contribution in [0, 0.1) is 0 Å². The minimum Gasteiger partial charge on any atom is -0.490 e. The Bertz CT molecular complexity index is 827. The molecule has 0 amide bonds. The summed E-state index contributed by atoms with van der Waals surface area (Å²) in [5, 5.41) is 5.70. The summed E-state index contributed by atoms with van der Waals surface area (Å²) in [6, 6.07) is 20.9. The molecule has 3 nitrogen and oxygen atoms in total. The van der Waals surface area contributed by atoms with Gasteiger partial charge in [0.25, 0.3) is 0 Å². The van der Waals surface area contributed by atoms with E-state index in [0.29, 0.717) is 13.2 Å². The summed E-state index contributed by atoms with van der Waals surface area (Å²) in [6.07, 6.45) is 2.27. The number of aryl methyl sites for hydroxylation is 1. The molecule has 0 unspecified atom stereocenters. The highest BCUT2D eigenvalue weighted by Crippen LogP contribution is 2.28. The smallest absolute Gasteiger partial charge is 0.124 e. The van der Waals surface area contributed by atoms with Gasteiger partial charge in [-0.05, 0) is 48.0 Å². The summed E-state index contributed by atoms with van der Waals surface area (Å²) in [7, 11) is 1.96. The van der Waals surface area contributed by atoms with Gasteiger partial charge in [-0.15, -0.1) is 0 Å². The SMILES string of the molecule is CCCc1ccc(OCCOc2ccc3ccccc3c2CNC)cc1. The lowest BCUT2D eigenvalue weighted by Crippen LogP contribution is -2.12. The van der Waals surface area contributed by atoms with Crippen LogP contribution in [0.25, 0.3) is 10.8 Å². The van der Waals surface area contributed by atoms with Crippen LogP contribution in [0.4, 0.5) is 0 Å². The van der Waals surface area contributed by atoms with Gasteiger partial charge in [-0.3, -0.25) is 0 Å². The van der Waals surface area contributed by atoms with Crippen molar-refractivity contribution in [2.45, 2.75) is 26.3 Å². The van der Waals surface area contributed by atoms with Crippen LogP contribution >= 0.6 is 0 Å². The second kappa shape index (κ2) is 9.25. The lowest BCUT2D eigenvalue weighted by atomic mass is 10.0. The topological polar surface area (TPSA) is 30.5 Å². The van der Waals surface area contributed by atoms with E-state index in [9.17, 15) is 0 Å². The molecule has 0 aromatic heterocycles. The largest absolute Gasteiger partial charge is 0.490 e. The van der Waals surface area contributed by atoms with Crippen molar-refractivity contribution >= 4 is 10.8 Å². The van der Waals surface area contributed by atoms with E-state index in [1.54, 1.807) is 0 Å². The first-order valence-corrected chi connectivity index (χ1v) is 9.31. The van der Waals surface area contributed by atoms with Gasteiger partial charge >= 0.3 is 0 Å². The molecule has 3 aromatic carbocycles. The van der Waals surface area contributed by atoms with E-state index in [-0.39, 0.29) is 0 Å². The molecular weight excluding hydrogens is 322 g/mol. The molecule has 3 rings (SSSR count). The Labute approximate surface area is 156 Å². The molecule has 0 heterocycles. The molecule has 136 valence electrons. The van der Waals surface area contributed by atoms with E-state index in [0.717, 1.165) is 30.9 Å². The third kappa shape index (κ3) is 4.55. The summed E-state index contributed by atoms with van der Waals surface area (Å²) in [5.74, 6) is 1.81. The van der Waals surface area contributed by atoms with E-state index in [2.05, 4.69) is 60.8 Å². The third-order valence-corrected chi connectivity index (χ3v) is 4.42. The molecule has 0 radical (unpaired) electrons. The molecule has 0 aliphatic heterocycles. The van der Waals surface area contributed by atoms with Gasteiger partial charge in [0.05, 0.1) is 0 Å². The van der Waals surface area contributed by atoms with Crippen LogP contribution in [0.15, 0.2) is 60.7 Å². The molecule has 3 heteroatoms. The molecule has 0 saturated heterocycles. The average Bonchev–Trinajstić information content (AvgIpc) is 2.68. The molecule has 0 aliphatic rings. The number of benzene rings is 3. The fourth-order valence-electron chi connectivity index (χ4n) is 3.16. The second-order valence-corrected chi connectivity index (χ2v) is 6.38. The second-order valence-electron chi connectivity index (χ2n) is 6.38. The number of hydrogen-bond donors (Lipinski definition) is 1. The molecule has 0 spiro atoms. The maximum absolute atomic E-state index is 6.02. The van der Waals surface area contributed by atoms with Gasteiger partial charge in [-0.2, -0.15) is 0 Å². The van der Waals surface area contributed by atoms with Gasteiger partial charge in [-0.25, -0.2) is 0 Å². The fourth-order valence-corrected chi connectivity index (χ4v) is 3.16. The first-order chi connectivity index (χ1) is 12.8. The van der Waals surface area contributed by atoms with Crippen molar-refractivity contribution in [1.29, 1.82) is 0 Å². The molecule has 0 fully saturated rings. The van der Waals surface area contributed by atoms with Crippen molar-refractivity contribution in [1.82, 2.24) is 5.32 Å². The predicted molar refractivity (Wildman–Crippen MR) is 108 cm³/mol. The van der Waals surface area contributed by atoms with Gasteiger partial charge in [-0.1, -0.05) is 55.8 Å². The summed E-state index contributed by atoms with van der Waals surface area (Å²) in [6.45, 7) is 4.01. The van der Waals surface area contributed by atoms with Crippen LogP contribution in [0.1, 0.15) is 24.5 Å². The Morgan fingerprint density at radius 1 is 0.846 bits per heavy atom. The van der Waals surface area contributed by atoms with Gasteiger partial charge in [0.1, 0.15) is 24.7 Å². The highest BCUT2D eigenvalue weighted by molar-refractivity contribution is 5.87. The van der Waals surface area contributed by atoms with Crippen molar-refractivity contribution in [3.05, 3.63) is 71.8 Å². The predicted octanol–water partition coefficient (Wildman–Crippen LogP) is 4.97. The van der Waals surface area contributed by atoms with Crippen molar-refractivity contribution in [2.24, 2.45) is 0 Å². The lowest BCUT2D eigenvalue weighted by molar-refractivity contribution is 0.216. The van der Waals surface area contributed by atoms with Gasteiger partial charge < -0.3 is 14.8 Å². The number of fused-ring (bicyclic) bond motifs is 1. The van der Waals surface area contributed by atoms with E-state index >= 15 is 0 Å². The molecule has 0 saturated carbocycles. The Morgan fingerprint density at radius 2 is 1.62 bits per heavy atom. The normalized spacial score (nSPS) is 10.8. The minimum absolute atomic E-state index is 0.520. The summed E-state index contributed by atoms with van der Waals surface area (Å²) in [5.41, 5.74) is 2.54. The molecule has 0 bridgehead atoms. The van der Waals surface area contributed by atoms with E-state index < -0.39 is 0 Å². The maximum atomic E-state index is 6.02. The Kier molecular flexibility index (Phi) is 6.50. The van der Waals surface area contributed by atoms with E-state index in [1.807, 2.05) is 19.2 Å². The van der Waals surface area contributed by atoms with Crippen LogP contribution in [0.2, 0.25) is 0 Å². The van der Waals surface area contributed by atoms with Crippen LogP contribution < -0.4 is 14.8 Å². The first-order valence-electron chi connectivity index (χ1n) is 9.31. The van der Waals surface area contributed by atoms with Gasteiger partial charge in [0.15, 0.2) is 0 Å². The van der Waals surface area contributed by atoms with Gasteiger partial charge in [0.2, 0.25) is 0 Å². The van der Waals surface area contributed by atoms with Crippen molar-refractivity contribution < 1.29 is 9.47 Å². The summed E-state index contributed by atoms with van der Waals surface area (Å²) < 4.78 is 11.8. The quantitative estimate of drug-likeness (QED) is 0.553. The van der Waals surface area contributed by atoms with E-state index in [1.165, 1.54) is 21.9 Å². The molecular formula is C23H27NO2. The first kappa shape index (κ1) is 18.3. The van der Waals surface area contributed by atoms with Crippen LogP contribution in [0.3, 0.4) is 0 Å². The van der Waals surface area contributed by atoms with Crippen molar-refractivity contribution in [3.63, 3.8) is 0 Å². The highest BCUT2D eigenvalue weighted by atomic mass is 16.5. The fraction of sp³-hybridized carbons (Fsp3) is 0.304. The van der Waals surface area contributed by atoms with E-state index in [4.69, 9.17) is 9.47 Å². The number of rotatable bonds is 9. The Morgan fingerprint density at radius 3 is 2.38 bits per heavy atom. The number of hydrogen-bond acceptors (Lipinski definition) is 3. The molecule has 0 aliphatic carbocycles. The zero-order valence-corrected chi connectivity index (χ0v) is 15.6. The van der Waals surface area contributed by atoms with Crippen LogP contribution in [-0.2, 0) is 13.0 Å². The maximum Gasteiger partial charge on any atom is 0.124 e. The van der Waals surface area contributed by atoms with Gasteiger partial charge in [0, 0.05) is 12.1 Å². The monoisotopic (exact) mass is 349 g/mol. The zero-order valence-electron chi connectivity index (χ0n) is 15.6. The summed E-state index contributed by atoms with van der Waals surface area (Å²) >= 11 is 0. The third-order valence-electron chi connectivity index (χ3n) is 4.42. The molecule has 1 N–H and O–H groups in total. The Balaban J connectivity index is 1.60. The molecule has 3 aromatic rings. The van der Waals surface area contributed by atoms with Crippen LogP contribution in [-0.4, -0.2) is 20.3 Å². The number of ether oxygens (including phenoxy) is 2. The highest BCUT2D eigenvalue weighted by Gasteiger charge is 2.08. The summed E-state index contributed by atoms with van der Waals surface area (Å²) in [4.78, 5) is 0. The standard InChI is InChI=1S/C23H27NO2/c1-3-6-18-9-12-20(13-10-18)25-15-16-26-23-14-11-19-7-4-5-8-21(19)22(23)17-24-2/h4-5,7-14,24H,3,6,15-17H2,1-2H3. The molecule has 26 heavy (non-hydrogen) atoms. The average molecular weight is 349 g/mol. The van der Waals surface area contributed by atoms with Crippen molar-refractivity contribution in [3.8, 4) is 11.5 Å². The Hall–Kier alpha value is -2.52. The zero-order chi connectivity index (χ0) is 18.2. The lowest BCUT2D eigenvalue weighted by Gasteiger charge is -2.14. The molecule has 0 atom stereocenters. The number of nitrogens with one attached hydrogen (secondary N) is 1. The minimum atomic E-state index is 0.520. The van der Waals surface area contributed by atoms with Crippen molar-refractivity contribution in [2.75, 3.05) is 20.3 Å². The van der Waals surface area contributed by atoms with Crippen LogP contribution in [0.5, 0.6) is 11.5 Å².